The first-order valence-electron chi connectivity index (χ1n) is 6.21. The van der Waals surface area contributed by atoms with Gasteiger partial charge in [0.2, 0.25) is 0 Å². The molecule has 1 fully saturated rings. The van der Waals surface area contributed by atoms with Gasteiger partial charge in [0.1, 0.15) is 5.82 Å². The summed E-state index contributed by atoms with van der Waals surface area (Å²) in [6, 6.07) is 12.5. The van der Waals surface area contributed by atoms with Crippen LogP contribution in [-0.2, 0) is 0 Å². The van der Waals surface area contributed by atoms with Crippen molar-refractivity contribution < 1.29 is 0 Å². The Kier molecular flexibility index (Phi) is 2.59. The summed E-state index contributed by atoms with van der Waals surface area (Å²) in [5.74, 6) is 1.23. The molecule has 0 unspecified atom stereocenters. The second kappa shape index (κ2) is 4.24. The van der Waals surface area contributed by atoms with Gasteiger partial charge < -0.3 is 4.90 Å². The molecule has 88 valence electrons. The van der Waals surface area contributed by atoms with Crippen LogP contribution in [0.1, 0.15) is 18.5 Å². The van der Waals surface area contributed by atoms with E-state index in [1.807, 2.05) is 6.07 Å². The van der Waals surface area contributed by atoms with Crippen molar-refractivity contribution in [3.63, 3.8) is 0 Å². The molecule has 3 heteroatoms. The van der Waals surface area contributed by atoms with Crippen molar-refractivity contribution >= 4 is 5.82 Å². The van der Waals surface area contributed by atoms with Gasteiger partial charge in [-0.3, -0.25) is 0 Å². The van der Waals surface area contributed by atoms with Crippen LogP contribution < -0.4 is 4.90 Å². The van der Waals surface area contributed by atoms with Crippen LogP contribution in [0.4, 0.5) is 5.82 Å². The second-order valence-corrected chi connectivity index (χ2v) is 4.59. The van der Waals surface area contributed by atoms with Crippen LogP contribution in [0.2, 0.25) is 0 Å². The van der Waals surface area contributed by atoms with E-state index in [-0.39, 0.29) is 0 Å². The monoisotopic (exact) mass is 227 g/mol. The zero-order valence-corrected chi connectivity index (χ0v) is 10.1. The quantitative estimate of drug-likeness (QED) is 0.786. The minimum Gasteiger partial charge on any atom is -0.356 e. The Morgan fingerprint density at radius 2 is 1.76 bits per heavy atom. The van der Waals surface area contributed by atoms with Gasteiger partial charge in [0.05, 0.1) is 11.4 Å². The first-order chi connectivity index (χ1) is 8.34. The Morgan fingerprint density at radius 1 is 1.06 bits per heavy atom. The zero-order chi connectivity index (χ0) is 11.7. The van der Waals surface area contributed by atoms with Crippen molar-refractivity contribution in [2.24, 2.45) is 0 Å². The van der Waals surface area contributed by atoms with Crippen molar-refractivity contribution in [3.05, 3.63) is 42.1 Å². The lowest BCUT2D eigenvalue weighted by molar-refractivity contribution is 0.815. The van der Waals surface area contributed by atoms with E-state index in [4.69, 9.17) is 0 Å². The van der Waals surface area contributed by atoms with Gasteiger partial charge in [0, 0.05) is 19.2 Å². The predicted molar refractivity (Wildman–Crippen MR) is 69.7 cm³/mol. The summed E-state index contributed by atoms with van der Waals surface area (Å²) in [7, 11) is 0. The van der Waals surface area contributed by atoms with Crippen LogP contribution in [0.25, 0.3) is 5.69 Å². The molecule has 0 atom stereocenters. The van der Waals surface area contributed by atoms with Gasteiger partial charge >= 0.3 is 0 Å². The Morgan fingerprint density at radius 3 is 2.47 bits per heavy atom. The highest BCUT2D eigenvalue weighted by atomic mass is 15.4. The Labute approximate surface area is 102 Å². The number of aromatic nitrogens is 2. The number of hydrogen-bond donors (Lipinski definition) is 0. The van der Waals surface area contributed by atoms with E-state index < -0.39 is 0 Å². The van der Waals surface area contributed by atoms with Gasteiger partial charge in [-0.2, -0.15) is 5.10 Å². The molecule has 0 amide bonds. The molecule has 2 heterocycles. The Hall–Kier alpha value is -1.77. The molecular formula is C14H17N3. The third-order valence-electron chi connectivity index (χ3n) is 3.24. The molecule has 0 radical (unpaired) electrons. The smallest absolute Gasteiger partial charge is 0.132 e. The average Bonchev–Trinajstić information content (AvgIpc) is 2.98. The Bertz CT molecular complexity index is 495. The molecule has 0 bridgehead atoms. The SMILES string of the molecule is Cc1cc(N2CCCC2)n(-c2ccccc2)n1. The molecule has 0 aliphatic carbocycles. The van der Waals surface area contributed by atoms with Crippen molar-refractivity contribution in [1.29, 1.82) is 0 Å². The summed E-state index contributed by atoms with van der Waals surface area (Å²) in [5, 5.41) is 4.60. The highest BCUT2D eigenvalue weighted by Gasteiger charge is 2.17. The van der Waals surface area contributed by atoms with E-state index in [0.29, 0.717) is 0 Å². The number of nitrogens with zero attached hydrogens (tertiary/aromatic N) is 3. The third kappa shape index (κ3) is 1.93. The molecule has 1 saturated heterocycles. The summed E-state index contributed by atoms with van der Waals surface area (Å²) >= 11 is 0. The van der Waals surface area contributed by atoms with Gasteiger partial charge in [-0.1, -0.05) is 18.2 Å². The number of anilines is 1. The average molecular weight is 227 g/mol. The molecule has 1 aromatic carbocycles. The summed E-state index contributed by atoms with van der Waals surface area (Å²) in [6.45, 7) is 4.36. The van der Waals surface area contributed by atoms with Crippen molar-refractivity contribution in [2.45, 2.75) is 19.8 Å². The predicted octanol–water partition coefficient (Wildman–Crippen LogP) is 2.78. The fraction of sp³-hybridized carbons (Fsp3) is 0.357. The first-order valence-corrected chi connectivity index (χ1v) is 6.21. The number of benzene rings is 1. The number of hydrogen-bond acceptors (Lipinski definition) is 2. The molecule has 3 nitrogen and oxygen atoms in total. The van der Waals surface area contributed by atoms with E-state index in [9.17, 15) is 0 Å². The van der Waals surface area contributed by atoms with Crippen LogP contribution in [-0.4, -0.2) is 22.9 Å². The number of aryl methyl sites for hydroxylation is 1. The topological polar surface area (TPSA) is 21.1 Å². The summed E-state index contributed by atoms with van der Waals surface area (Å²) in [6.07, 6.45) is 2.58. The maximum absolute atomic E-state index is 4.60. The minimum absolute atomic E-state index is 1.08. The molecular weight excluding hydrogens is 210 g/mol. The second-order valence-electron chi connectivity index (χ2n) is 4.59. The van der Waals surface area contributed by atoms with Gasteiger partial charge in [-0.05, 0) is 31.9 Å². The minimum atomic E-state index is 1.08. The zero-order valence-electron chi connectivity index (χ0n) is 10.1. The molecule has 0 spiro atoms. The fourth-order valence-electron chi connectivity index (χ4n) is 2.42. The van der Waals surface area contributed by atoms with E-state index in [0.717, 1.165) is 24.5 Å². The van der Waals surface area contributed by atoms with Gasteiger partial charge in [0.25, 0.3) is 0 Å². The highest BCUT2D eigenvalue weighted by molar-refractivity contribution is 5.48. The Balaban J connectivity index is 2.04. The summed E-state index contributed by atoms with van der Waals surface area (Å²) in [4.78, 5) is 2.42. The van der Waals surface area contributed by atoms with Crippen molar-refractivity contribution in [2.75, 3.05) is 18.0 Å². The molecule has 2 aromatic rings. The van der Waals surface area contributed by atoms with Gasteiger partial charge in [-0.25, -0.2) is 4.68 Å². The summed E-state index contributed by atoms with van der Waals surface area (Å²) in [5.41, 5.74) is 2.22. The van der Waals surface area contributed by atoms with Crippen LogP contribution >= 0.6 is 0 Å². The maximum Gasteiger partial charge on any atom is 0.132 e. The van der Waals surface area contributed by atoms with E-state index >= 15 is 0 Å². The standard InChI is InChI=1S/C14H17N3/c1-12-11-14(16-9-5-6-10-16)17(15-12)13-7-3-2-4-8-13/h2-4,7-8,11H,5-6,9-10H2,1H3. The van der Waals surface area contributed by atoms with Gasteiger partial charge in [-0.15, -0.1) is 0 Å². The third-order valence-corrected chi connectivity index (χ3v) is 3.24. The van der Waals surface area contributed by atoms with Crippen LogP contribution in [0, 0.1) is 6.92 Å². The van der Waals surface area contributed by atoms with Crippen LogP contribution in [0.15, 0.2) is 36.4 Å². The van der Waals surface area contributed by atoms with Crippen LogP contribution in [0.3, 0.4) is 0 Å². The fourth-order valence-corrected chi connectivity index (χ4v) is 2.42. The molecule has 17 heavy (non-hydrogen) atoms. The first kappa shape index (κ1) is 10.4. The van der Waals surface area contributed by atoms with E-state index in [1.54, 1.807) is 0 Å². The maximum atomic E-state index is 4.60. The van der Waals surface area contributed by atoms with E-state index in [2.05, 4.69) is 51.9 Å². The largest absolute Gasteiger partial charge is 0.356 e. The number of para-hydroxylation sites is 1. The molecule has 1 aliphatic rings. The highest BCUT2D eigenvalue weighted by Crippen LogP contribution is 2.24. The van der Waals surface area contributed by atoms with E-state index in [1.165, 1.54) is 18.7 Å². The van der Waals surface area contributed by atoms with Crippen molar-refractivity contribution in [1.82, 2.24) is 9.78 Å². The lowest BCUT2D eigenvalue weighted by Crippen LogP contribution is -2.21. The lowest BCUT2D eigenvalue weighted by Gasteiger charge is -2.18. The molecule has 1 aliphatic heterocycles. The van der Waals surface area contributed by atoms with Crippen molar-refractivity contribution in [3.8, 4) is 5.69 Å². The molecule has 1 aromatic heterocycles. The normalized spacial score (nSPS) is 15.5. The molecule has 0 N–H and O–H groups in total. The number of rotatable bonds is 2. The lowest BCUT2D eigenvalue weighted by atomic mass is 10.3. The van der Waals surface area contributed by atoms with Gasteiger partial charge in [0.15, 0.2) is 0 Å². The van der Waals surface area contributed by atoms with Crippen LogP contribution in [0.5, 0.6) is 0 Å². The summed E-state index contributed by atoms with van der Waals surface area (Å²) < 4.78 is 2.06. The molecule has 0 saturated carbocycles. The molecule has 3 rings (SSSR count).